The standard InChI is InChI=1S/2C16H32N2O.C2H3ClO2/c2*1-3-4-5-6-7-8-9-10-11-12-16-17-13-14-18(16)15(2)19;3-1-2(4)5/h2*15,19H,3-14H2,1-2H3;1H2,(H,4,5). The summed E-state index contributed by atoms with van der Waals surface area (Å²) in [5, 5.41) is 26.8. The zero-order valence-electron chi connectivity index (χ0n) is 28.2. The Morgan fingerprint density at radius 3 is 1.19 bits per heavy atom. The van der Waals surface area contributed by atoms with Gasteiger partial charge in [-0.25, -0.2) is 0 Å². The van der Waals surface area contributed by atoms with Crippen LogP contribution in [0.3, 0.4) is 0 Å². The monoisotopic (exact) mass is 630 g/mol. The zero-order valence-corrected chi connectivity index (χ0v) is 29.0. The van der Waals surface area contributed by atoms with Gasteiger partial charge in [0.25, 0.3) is 0 Å². The predicted molar refractivity (Wildman–Crippen MR) is 183 cm³/mol. The molecule has 9 heteroatoms. The van der Waals surface area contributed by atoms with Crippen molar-refractivity contribution in [1.82, 2.24) is 9.80 Å². The largest absolute Gasteiger partial charge is 0.480 e. The Labute approximate surface area is 269 Å². The summed E-state index contributed by atoms with van der Waals surface area (Å²) >= 11 is 4.74. The molecule has 2 aliphatic rings. The molecular weight excluding hydrogens is 564 g/mol. The average Bonchev–Trinajstić information content (AvgIpc) is 3.66. The summed E-state index contributed by atoms with van der Waals surface area (Å²) in [6, 6.07) is 0. The number of aliphatic imine (C=N–C) groups is 2. The number of rotatable bonds is 23. The number of hydrogen-bond acceptors (Lipinski definition) is 7. The molecule has 2 heterocycles. The number of carboxylic acids is 1. The summed E-state index contributed by atoms with van der Waals surface area (Å²) in [4.78, 5) is 22.3. The predicted octanol–water partition coefficient (Wildman–Crippen LogP) is 8.23. The van der Waals surface area contributed by atoms with E-state index in [1.807, 2.05) is 23.6 Å². The van der Waals surface area contributed by atoms with Crippen LogP contribution in [-0.2, 0) is 4.79 Å². The van der Waals surface area contributed by atoms with E-state index in [0.717, 1.165) is 50.7 Å². The summed E-state index contributed by atoms with van der Waals surface area (Å²) in [6.07, 6.45) is 25.8. The van der Waals surface area contributed by atoms with Crippen LogP contribution >= 0.6 is 11.6 Å². The van der Waals surface area contributed by atoms with E-state index in [0.29, 0.717) is 0 Å². The summed E-state index contributed by atoms with van der Waals surface area (Å²) in [6.45, 7) is 11.7. The van der Waals surface area contributed by atoms with Gasteiger partial charge < -0.3 is 25.1 Å². The third-order valence-corrected chi connectivity index (χ3v) is 8.19. The number of halogens is 1. The quantitative estimate of drug-likeness (QED) is 0.0775. The lowest BCUT2D eigenvalue weighted by atomic mass is 10.1. The molecule has 0 aromatic heterocycles. The number of carbonyl (C=O) groups is 1. The van der Waals surface area contributed by atoms with Crippen LogP contribution in [0.2, 0.25) is 0 Å². The van der Waals surface area contributed by atoms with Crippen molar-refractivity contribution >= 4 is 29.2 Å². The molecule has 2 unspecified atom stereocenters. The fraction of sp³-hybridized carbons (Fsp3) is 0.912. The fourth-order valence-corrected chi connectivity index (χ4v) is 5.45. The van der Waals surface area contributed by atoms with Gasteiger partial charge in [-0.1, -0.05) is 117 Å². The molecule has 0 radical (unpaired) electrons. The Balaban J connectivity index is 0.000000709. The van der Waals surface area contributed by atoms with Gasteiger partial charge in [0.1, 0.15) is 30.0 Å². The van der Waals surface area contributed by atoms with E-state index >= 15 is 0 Å². The lowest BCUT2D eigenvalue weighted by Crippen LogP contribution is -2.35. The maximum Gasteiger partial charge on any atom is 0.318 e. The molecule has 0 aromatic rings. The molecule has 8 nitrogen and oxygen atoms in total. The van der Waals surface area contributed by atoms with Crippen LogP contribution in [0, 0.1) is 0 Å². The van der Waals surface area contributed by atoms with Gasteiger partial charge >= 0.3 is 5.97 Å². The van der Waals surface area contributed by atoms with Crippen molar-refractivity contribution in [3.63, 3.8) is 0 Å². The van der Waals surface area contributed by atoms with Crippen molar-refractivity contribution in [2.45, 2.75) is 169 Å². The molecule has 2 atom stereocenters. The summed E-state index contributed by atoms with van der Waals surface area (Å²) in [5.74, 6) is 0.961. The normalized spacial score (nSPS) is 15.7. The number of carboxylic acid groups (broad SMARTS) is 1. The maximum absolute atomic E-state index is 9.61. The second-order valence-corrected chi connectivity index (χ2v) is 12.2. The molecule has 0 amide bonds. The second kappa shape index (κ2) is 29.3. The molecule has 3 N–H and O–H groups in total. The molecule has 0 aromatic carbocycles. The highest BCUT2D eigenvalue weighted by molar-refractivity contribution is 6.26. The Hall–Kier alpha value is -1.38. The summed E-state index contributed by atoms with van der Waals surface area (Å²) < 4.78 is 0. The molecule has 0 fully saturated rings. The van der Waals surface area contributed by atoms with E-state index in [-0.39, 0.29) is 18.3 Å². The average molecular weight is 631 g/mol. The van der Waals surface area contributed by atoms with Gasteiger partial charge in [-0.3, -0.25) is 14.8 Å². The van der Waals surface area contributed by atoms with Gasteiger partial charge in [0.2, 0.25) is 0 Å². The lowest BCUT2D eigenvalue weighted by molar-refractivity contribution is -0.134. The van der Waals surface area contributed by atoms with Gasteiger partial charge in [-0.15, -0.1) is 11.6 Å². The van der Waals surface area contributed by atoms with Crippen LogP contribution in [-0.4, -0.2) is 87.3 Å². The van der Waals surface area contributed by atoms with E-state index in [1.54, 1.807) is 0 Å². The Morgan fingerprint density at radius 2 is 0.930 bits per heavy atom. The molecule has 0 bridgehead atoms. The van der Waals surface area contributed by atoms with Crippen LogP contribution in [0.1, 0.15) is 156 Å². The van der Waals surface area contributed by atoms with Crippen LogP contribution in [0.25, 0.3) is 0 Å². The minimum absolute atomic E-state index is 0.306. The van der Waals surface area contributed by atoms with Crippen molar-refractivity contribution in [3.05, 3.63) is 0 Å². The second-order valence-electron chi connectivity index (χ2n) is 11.9. The van der Waals surface area contributed by atoms with Crippen LogP contribution in [0.15, 0.2) is 9.98 Å². The molecule has 2 rings (SSSR count). The van der Waals surface area contributed by atoms with E-state index in [4.69, 9.17) is 16.7 Å². The van der Waals surface area contributed by atoms with Crippen molar-refractivity contribution in [2.75, 3.05) is 32.1 Å². The molecule has 254 valence electrons. The maximum atomic E-state index is 9.61. The van der Waals surface area contributed by atoms with Crippen molar-refractivity contribution in [2.24, 2.45) is 9.98 Å². The Morgan fingerprint density at radius 1 is 0.651 bits per heavy atom. The zero-order chi connectivity index (χ0) is 32.1. The first-order chi connectivity index (χ1) is 20.8. The SMILES string of the molecule is CCCCCCCCCCCC1=NCCN1C(C)O.CCCCCCCCCCCC1=NCCN1C(C)O.O=C(O)CCl. The topological polar surface area (TPSA) is 109 Å². The Kier molecular flexibility index (Phi) is 28.4. The van der Waals surface area contributed by atoms with Gasteiger partial charge in [0.15, 0.2) is 0 Å². The van der Waals surface area contributed by atoms with Gasteiger partial charge in [-0.2, -0.15) is 0 Å². The highest BCUT2D eigenvalue weighted by Gasteiger charge is 2.20. The van der Waals surface area contributed by atoms with Crippen LogP contribution in [0.4, 0.5) is 0 Å². The number of aliphatic hydroxyl groups excluding tert-OH is 2. The van der Waals surface area contributed by atoms with Gasteiger partial charge in [0.05, 0.1) is 13.1 Å². The number of unbranched alkanes of at least 4 members (excludes halogenated alkanes) is 16. The minimum atomic E-state index is -0.980. The van der Waals surface area contributed by atoms with Crippen molar-refractivity contribution in [3.8, 4) is 0 Å². The van der Waals surface area contributed by atoms with Crippen molar-refractivity contribution in [1.29, 1.82) is 0 Å². The highest BCUT2D eigenvalue weighted by atomic mass is 35.5. The van der Waals surface area contributed by atoms with Gasteiger partial charge in [0, 0.05) is 25.9 Å². The molecule has 0 spiro atoms. The number of nitrogens with zero attached hydrogens (tertiary/aromatic N) is 4. The van der Waals surface area contributed by atoms with Crippen LogP contribution < -0.4 is 0 Å². The van der Waals surface area contributed by atoms with Gasteiger partial charge in [-0.05, 0) is 26.7 Å². The lowest BCUT2D eigenvalue weighted by Gasteiger charge is -2.23. The number of alkyl halides is 1. The third kappa shape index (κ3) is 23.6. The number of hydrogen-bond donors (Lipinski definition) is 3. The van der Waals surface area contributed by atoms with E-state index in [1.165, 1.54) is 116 Å². The van der Waals surface area contributed by atoms with E-state index in [2.05, 4.69) is 23.8 Å². The molecule has 0 saturated heterocycles. The van der Waals surface area contributed by atoms with E-state index < -0.39 is 5.97 Å². The molecule has 2 aliphatic heterocycles. The molecule has 43 heavy (non-hydrogen) atoms. The van der Waals surface area contributed by atoms with Crippen molar-refractivity contribution < 1.29 is 20.1 Å². The first-order valence-electron chi connectivity index (χ1n) is 17.5. The minimum Gasteiger partial charge on any atom is -0.480 e. The first-order valence-corrected chi connectivity index (χ1v) is 18.1. The smallest absolute Gasteiger partial charge is 0.318 e. The first kappa shape index (κ1) is 41.6. The Bertz CT molecular complexity index is 667. The molecular formula is C34H67ClN4O4. The third-order valence-electron chi connectivity index (χ3n) is 7.96. The molecule has 0 aliphatic carbocycles. The van der Waals surface area contributed by atoms with E-state index in [9.17, 15) is 15.0 Å². The fourth-order valence-electron chi connectivity index (χ4n) is 5.45. The van der Waals surface area contributed by atoms with Crippen LogP contribution in [0.5, 0.6) is 0 Å². The summed E-state index contributed by atoms with van der Waals surface area (Å²) in [7, 11) is 0. The number of amidine groups is 2. The number of aliphatic carboxylic acids is 1. The number of aliphatic hydroxyl groups is 2. The molecule has 0 saturated carbocycles. The highest BCUT2D eigenvalue weighted by Crippen LogP contribution is 2.16. The summed E-state index contributed by atoms with van der Waals surface area (Å²) in [5.41, 5.74) is 0.